The highest BCUT2D eigenvalue weighted by Crippen LogP contribution is 2.37. The molecule has 0 saturated carbocycles. The van der Waals surface area contributed by atoms with E-state index in [2.05, 4.69) is 35.2 Å². The van der Waals surface area contributed by atoms with Crippen LogP contribution in [0.5, 0.6) is 0 Å². The summed E-state index contributed by atoms with van der Waals surface area (Å²) in [5.74, 6) is -0.164. The number of anilines is 1. The molecule has 156 valence electrons. The van der Waals surface area contributed by atoms with Crippen molar-refractivity contribution in [3.63, 3.8) is 0 Å². The lowest BCUT2D eigenvalue weighted by Crippen LogP contribution is -2.30. The first kappa shape index (κ1) is 20.5. The van der Waals surface area contributed by atoms with Gasteiger partial charge in [-0.25, -0.2) is 4.98 Å². The van der Waals surface area contributed by atoms with Crippen molar-refractivity contribution in [2.75, 3.05) is 12.3 Å². The largest absolute Gasteiger partial charge is 0.397 e. The molecule has 3 heterocycles. The first-order valence-corrected chi connectivity index (χ1v) is 11.5. The Labute approximate surface area is 194 Å². The van der Waals surface area contributed by atoms with E-state index < -0.39 is 0 Å². The van der Waals surface area contributed by atoms with Crippen molar-refractivity contribution in [1.29, 1.82) is 0 Å². The number of rotatable bonds is 4. The van der Waals surface area contributed by atoms with Gasteiger partial charge in [0.05, 0.1) is 15.7 Å². The number of ketones is 1. The highest BCUT2D eigenvalue weighted by Gasteiger charge is 2.23. The maximum Gasteiger partial charge on any atom is 0.205 e. The number of hydrogen-bond acceptors (Lipinski definition) is 5. The number of fused-ring (bicyclic) bond motifs is 2. The standard InChI is InChI=1S/C24H19Cl2N3OS/c25-18-7-6-15(11-19(18)26)22(30)23-21(27)17-10-16-13-29(12-14-4-2-1-3-5-14)9-8-20(16)28-24(17)31-23/h1-7,10-11H,8-9,12-13,27H2. The molecule has 4 aromatic rings. The number of carbonyl (C=O) groups is 1. The van der Waals surface area contributed by atoms with Gasteiger partial charge in [-0.15, -0.1) is 11.3 Å². The van der Waals surface area contributed by atoms with Crippen LogP contribution in [-0.4, -0.2) is 22.2 Å². The number of hydrogen-bond donors (Lipinski definition) is 1. The van der Waals surface area contributed by atoms with Gasteiger partial charge >= 0.3 is 0 Å². The molecule has 0 saturated heterocycles. The first-order valence-electron chi connectivity index (χ1n) is 9.96. The lowest BCUT2D eigenvalue weighted by molar-refractivity contribution is 0.104. The highest BCUT2D eigenvalue weighted by molar-refractivity contribution is 7.21. The number of pyridine rings is 1. The van der Waals surface area contributed by atoms with Gasteiger partial charge in [-0.3, -0.25) is 9.69 Å². The zero-order valence-corrected chi connectivity index (χ0v) is 18.9. The molecule has 0 unspecified atom stereocenters. The van der Waals surface area contributed by atoms with E-state index >= 15 is 0 Å². The molecule has 2 N–H and O–H groups in total. The fourth-order valence-corrected chi connectivity index (χ4v) is 5.33. The molecule has 0 radical (unpaired) electrons. The number of nitrogen functional groups attached to an aromatic ring is 1. The average Bonchev–Trinajstić information content (AvgIpc) is 3.10. The monoisotopic (exact) mass is 467 g/mol. The van der Waals surface area contributed by atoms with Gasteiger partial charge in [-0.1, -0.05) is 53.5 Å². The quantitative estimate of drug-likeness (QED) is 0.375. The average molecular weight is 468 g/mol. The molecule has 0 bridgehead atoms. The fourth-order valence-electron chi connectivity index (χ4n) is 3.97. The minimum atomic E-state index is -0.164. The third-order valence-corrected chi connectivity index (χ3v) is 7.44. The van der Waals surface area contributed by atoms with E-state index in [0.29, 0.717) is 26.2 Å². The molecule has 4 nitrogen and oxygen atoms in total. The predicted octanol–water partition coefficient (Wildman–Crippen LogP) is 5.97. The van der Waals surface area contributed by atoms with Gasteiger partial charge in [0.1, 0.15) is 9.71 Å². The van der Waals surface area contributed by atoms with Crippen LogP contribution in [0.3, 0.4) is 0 Å². The number of thiophene rings is 1. The van der Waals surface area contributed by atoms with E-state index in [1.54, 1.807) is 18.2 Å². The SMILES string of the molecule is Nc1c(C(=O)c2ccc(Cl)c(Cl)c2)sc2nc3c(cc12)CN(Cc1ccccc1)CC3. The van der Waals surface area contributed by atoms with Crippen LogP contribution in [0, 0.1) is 0 Å². The Hall–Kier alpha value is -2.44. The van der Waals surface area contributed by atoms with Crippen LogP contribution in [0.15, 0.2) is 54.6 Å². The minimum Gasteiger partial charge on any atom is -0.397 e. The summed E-state index contributed by atoms with van der Waals surface area (Å²) in [5.41, 5.74) is 10.9. The molecule has 0 fully saturated rings. The molecule has 0 spiro atoms. The number of aromatic nitrogens is 1. The Morgan fingerprint density at radius 1 is 1.10 bits per heavy atom. The molecule has 1 aliphatic rings. The number of benzene rings is 2. The Morgan fingerprint density at radius 2 is 1.90 bits per heavy atom. The molecule has 1 aliphatic heterocycles. The van der Waals surface area contributed by atoms with Gasteiger partial charge in [0, 0.05) is 42.7 Å². The second kappa shape index (κ2) is 8.24. The third-order valence-electron chi connectivity index (χ3n) is 5.59. The molecule has 0 atom stereocenters. The van der Waals surface area contributed by atoms with Crippen molar-refractivity contribution >= 4 is 56.2 Å². The maximum absolute atomic E-state index is 13.1. The van der Waals surface area contributed by atoms with E-state index in [1.165, 1.54) is 22.5 Å². The summed E-state index contributed by atoms with van der Waals surface area (Å²) in [6.45, 7) is 2.67. The lowest BCUT2D eigenvalue weighted by Gasteiger charge is -2.28. The predicted molar refractivity (Wildman–Crippen MR) is 128 cm³/mol. The van der Waals surface area contributed by atoms with Crippen molar-refractivity contribution in [1.82, 2.24) is 9.88 Å². The van der Waals surface area contributed by atoms with Crippen molar-refractivity contribution < 1.29 is 4.79 Å². The molecule has 0 aliphatic carbocycles. The summed E-state index contributed by atoms with van der Waals surface area (Å²) in [7, 11) is 0. The van der Waals surface area contributed by atoms with Gasteiger partial charge in [0.2, 0.25) is 5.78 Å². The highest BCUT2D eigenvalue weighted by atomic mass is 35.5. The summed E-state index contributed by atoms with van der Waals surface area (Å²) in [5, 5.41) is 1.60. The first-order chi connectivity index (χ1) is 15.0. The van der Waals surface area contributed by atoms with E-state index in [1.807, 2.05) is 6.07 Å². The molecular formula is C24H19Cl2N3OS. The van der Waals surface area contributed by atoms with Crippen molar-refractivity contribution in [3.05, 3.63) is 91.9 Å². The van der Waals surface area contributed by atoms with Gasteiger partial charge in [0.15, 0.2) is 0 Å². The van der Waals surface area contributed by atoms with E-state index in [9.17, 15) is 4.79 Å². The van der Waals surface area contributed by atoms with Crippen molar-refractivity contribution in [2.45, 2.75) is 19.5 Å². The zero-order valence-electron chi connectivity index (χ0n) is 16.6. The van der Waals surface area contributed by atoms with Crippen LogP contribution >= 0.6 is 34.5 Å². The second-order valence-electron chi connectivity index (χ2n) is 7.70. The number of halogens is 2. The number of nitrogens with two attached hydrogens (primary N) is 1. The molecule has 5 rings (SSSR count). The van der Waals surface area contributed by atoms with E-state index in [4.69, 9.17) is 33.9 Å². The smallest absolute Gasteiger partial charge is 0.205 e. The van der Waals surface area contributed by atoms with Gasteiger partial charge < -0.3 is 5.73 Å². The van der Waals surface area contributed by atoms with Crippen LogP contribution < -0.4 is 5.73 Å². The molecule has 31 heavy (non-hydrogen) atoms. The Bertz CT molecular complexity index is 1300. The zero-order chi connectivity index (χ0) is 21.5. The van der Waals surface area contributed by atoms with Crippen molar-refractivity contribution in [2.24, 2.45) is 0 Å². The van der Waals surface area contributed by atoms with Crippen LogP contribution in [-0.2, 0) is 19.5 Å². The summed E-state index contributed by atoms with van der Waals surface area (Å²) in [6, 6.07) is 17.4. The summed E-state index contributed by atoms with van der Waals surface area (Å²) in [6.07, 6.45) is 0.881. The summed E-state index contributed by atoms with van der Waals surface area (Å²) < 4.78 is 0. The second-order valence-corrected chi connectivity index (χ2v) is 9.51. The summed E-state index contributed by atoms with van der Waals surface area (Å²) in [4.78, 5) is 21.6. The van der Waals surface area contributed by atoms with Crippen LogP contribution in [0.25, 0.3) is 10.2 Å². The van der Waals surface area contributed by atoms with Gasteiger partial charge in [0.25, 0.3) is 0 Å². The Kier molecular flexibility index (Phi) is 5.44. The number of nitrogens with zero attached hydrogens (tertiary/aromatic N) is 2. The topological polar surface area (TPSA) is 59.2 Å². The van der Waals surface area contributed by atoms with E-state index in [0.717, 1.165) is 42.0 Å². The van der Waals surface area contributed by atoms with Crippen molar-refractivity contribution in [3.8, 4) is 0 Å². The van der Waals surface area contributed by atoms with Gasteiger partial charge in [-0.05, 0) is 35.4 Å². The third kappa shape index (κ3) is 3.94. The van der Waals surface area contributed by atoms with Crippen LogP contribution in [0.2, 0.25) is 10.0 Å². The molecule has 0 amide bonds. The van der Waals surface area contributed by atoms with E-state index in [-0.39, 0.29) is 5.78 Å². The van der Waals surface area contributed by atoms with Crippen LogP contribution in [0.1, 0.15) is 32.1 Å². The minimum absolute atomic E-state index is 0.164. The molecule has 7 heteroatoms. The normalized spacial score (nSPS) is 14.0. The fraction of sp³-hybridized carbons (Fsp3) is 0.167. The Morgan fingerprint density at radius 3 is 2.68 bits per heavy atom. The molecule has 2 aromatic heterocycles. The van der Waals surface area contributed by atoms with Crippen LogP contribution in [0.4, 0.5) is 5.69 Å². The maximum atomic E-state index is 13.1. The molecular weight excluding hydrogens is 449 g/mol. The molecule has 2 aromatic carbocycles. The summed E-state index contributed by atoms with van der Waals surface area (Å²) >= 11 is 13.4. The van der Waals surface area contributed by atoms with Gasteiger partial charge in [-0.2, -0.15) is 0 Å². The Balaban J connectivity index is 1.46. The lowest BCUT2D eigenvalue weighted by atomic mass is 10.0. The number of carbonyl (C=O) groups excluding carboxylic acids is 1.